The number of rotatable bonds is 5. The molecular formula is C16H18ClN. The van der Waals surface area contributed by atoms with Gasteiger partial charge in [0.2, 0.25) is 0 Å². The van der Waals surface area contributed by atoms with Crippen molar-refractivity contribution < 1.29 is 0 Å². The minimum Gasteiger partial charge on any atom is -0.310 e. The Hall–Kier alpha value is -1.31. The second-order valence-corrected chi connectivity index (χ2v) is 4.73. The number of hydrogen-bond donors (Lipinski definition) is 1. The zero-order valence-electron chi connectivity index (χ0n) is 10.6. The monoisotopic (exact) mass is 259 g/mol. The fourth-order valence-corrected chi connectivity index (χ4v) is 2.41. The largest absolute Gasteiger partial charge is 0.310 e. The lowest BCUT2D eigenvalue weighted by molar-refractivity contribution is 0.550. The summed E-state index contributed by atoms with van der Waals surface area (Å²) in [7, 11) is 0. The van der Waals surface area contributed by atoms with Crippen LogP contribution < -0.4 is 5.32 Å². The quantitative estimate of drug-likeness (QED) is 0.847. The Kier molecular flexibility index (Phi) is 4.80. The number of hydrogen-bond acceptors (Lipinski definition) is 1. The van der Waals surface area contributed by atoms with E-state index in [0.717, 1.165) is 18.0 Å². The van der Waals surface area contributed by atoms with Gasteiger partial charge in [-0.15, -0.1) is 0 Å². The van der Waals surface area contributed by atoms with Crippen LogP contribution in [0.4, 0.5) is 0 Å². The minimum atomic E-state index is 0.270. The Bertz CT molecular complexity index is 481. The summed E-state index contributed by atoms with van der Waals surface area (Å²) in [6.45, 7) is 3.05. The predicted octanol–water partition coefficient (Wildman–Crippen LogP) is 4.23. The molecular weight excluding hydrogens is 242 g/mol. The molecule has 18 heavy (non-hydrogen) atoms. The van der Waals surface area contributed by atoms with Gasteiger partial charge in [-0.25, -0.2) is 0 Å². The Morgan fingerprint density at radius 1 is 1.00 bits per heavy atom. The maximum absolute atomic E-state index is 6.28. The Balaban J connectivity index is 2.21. The van der Waals surface area contributed by atoms with E-state index in [1.165, 1.54) is 11.1 Å². The van der Waals surface area contributed by atoms with E-state index in [9.17, 15) is 0 Å². The molecule has 0 aromatic heterocycles. The fourth-order valence-electron chi connectivity index (χ4n) is 2.15. The van der Waals surface area contributed by atoms with Gasteiger partial charge in [0, 0.05) is 11.1 Å². The summed E-state index contributed by atoms with van der Waals surface area (Å²) in [5.74, 6) is 0. The highest BCUT2D eigenvalue weighted by atomic mass is 35.5. The molecule has 0 aliphatic rings. The van der Waals surface area contributed by atoms with Crippen molar-refractivity contribution >= 4 is 11.6 Å². The molecule has 2 aromatic rings. The summed E-state index contributed by atoms with van der Waals surface area (Å²) < 4.78 is 0. The van der Waals surface area contributed by atoms with E-state index < -0.39 is 0 Å². The van der Waals surface area contributed by atoms with Crippen molar-refractivity contribution in [1.82, 2.24) is 5.32 Å². The van der Waals surface area contributed by atoms with Crippen molar-refractivity contribution in [2.75, 3.05) is 6.54 Å². The third-order valence-corrected chi connectivity index (χ3v) is 3.36. The standard InChI is InChI=1S/C16H18ClN/c1-2-18-16(12-13-8-4-3-5-9-13)14-10-6-7-11-15(14)17/h3-11,16,18H,2,12H2,1H3. The van der Waals surface area contributed by atoms with Gasteiger partial charge in [-0.2, -0.15) is 0 Å². The lowest BCUT2D eigenvalue weighted by Gasteiger charge is -2.19. The first-order valence-electron chi connectivity index (χ1n) is 6.33. The molecule has 0 saturated carbocycles. The number of halogens is 1. The lowest BCUT2D eigenvalue weighted by Crippen LogP contribution is -2.23. The molecule has 1 N–H and O–H groups in total. The van der Waals surface area contributed by atoms with Crippen molar-refractivity contribution in [3.63, 3.8) is 0 Å². The van der Waals surface area contributed by atoms with Crippen molar-refractivity contribution in [3.05, 3.63) is 70.7 Å². The second kappa shape index (κ2) is 6.58. The summed E-state index contributed by atoms with van der Waals surface area (Å²) in [6, 6.07) is 18.8. The van der Waals surface area contributed by atoms with Gasteiger partial charge >= 0.3 is 0 Å². The van der Waals surface area contributed by atoms with E-state index in [1.54, 1.807) is 0 Å². The zero-order chi connectivity index (χ0) is 12.8. The molecule has 0 aliphatic heterocycles. The zero-order valence-corrected chi connectivity index (χ0v) is 11.3. The van der Waals surface area contributed by atoms with Crippen LogP contribution in [0.3, 0.4) is 0 Å². The number of benzene rings is 2. The summed E-state index contributed by atoms with van der Waals surface area (Å²) in [5, 5.41) is 4.34. The van der Waals surface area contributed by atoms with Gasteiger partial charge in [-0.05, 0) is 30.2 Å². The molecule has 0 spiro atoms. The molecule has 94 valence electrons. The average molecular weight is 260 g/mol. The first-order chi connectivity index (χ1) is 8.81. The first-order valence-corrected chi connectivity index (χ1v) is 6.70. The van der Waals surface area contributed by atoms with Crippen LogP contribution in [0, 0.1) is 0 Å². The van der Waals surface area contributed by atoms with Gasteiger partial charge in [-0.3, -0.25) is 0 Å². The van der Waals surface area contributed by atoms with Gasteiger partial charge in [0.1, 0.15) is 0 Å². The van der Waals surface area contributed by atoms with Gasteiger partial charge in [0.15, 0.2) is 0 Å². The first kappa shape index (κ1) is 13.1. The maximum atomic E-state index is 6.28. The van der Waals surface area contributed by atoms with E-state index >= 15 is 0 Å². The Morgan fingerprint density at radius 3 is 2.33 bits per heavy atom. The molecule has 0 bridgehead atoms. The SMILES string of the molecule is CCNC(Cc1ccccc1)c1ccccc1Cl. The van der Waals surface area contributed by atoms with E-state index in [4.69, 9.17) is 11.6 Å². The van der Waals surface area contributed by atoms with E-state index in [-0.39, 0.29) is 6.04 Å². The summed E-state index contributed by atoms with van der Waals surface area (Å²) in [5.41, 5.74) is 2.49. The highest BCUT2D eigenvalue weighted by Gasteiger charge is 2.13. The normalized spacial score (nSPS) is 12.3. The van der Waals surface area contributed by atoms with Crippen molar-refractivity contribution in [2.24, 2.45) is 0 Å². The maximum Gasteiger partial charge on any atom is 0.0453 e. The molecule has 0 saturated heterocycles. The Morgan fingerprint density at radius 2 is 1.67 bits per heavy atom. The second-order valence-electron chi connectivity index (χ2n) is 4.32. The van der Waals surface area contributed by atoms with E-state index in [1.807, 2.05) is 24.3 Å². The van der Waals surface area contributed by atoms with Crippen LogP contribution in [0.2, 0.25) is 5.02 Å². The van der Waals surface area contributed by atoms with Crippen LogP contribution >= 0.6 is 11.6 Å². The summed E-state index contributed by atoms with van der Waals surface area (Å²) >= 11 is 6.28. The predicted molar refractivity (Wildman–Crippen MR) is 78.0 cm³/mol. The molecule has 2 aromatic carbocycles. The molecule has 2 heteroatoms. The van der Waals surface area contributed by atoms with Gasteiger partial charge in [0.25, 0.3) is 0 Å². The van der Waals surface area contributed by atoms with Crippen molar-refractivity contribution in [3.8, 4) is 0 Å². The van der Waals surface area contributed by atoms with E-state index in [2.05, 4.69) is 42.6 Å². The fraction of sp³-hybridized carbons (Fsp3) is 0.250. The molecule has 1 nitrogen and oxygen atoms in total. The molecule has 0 amide bonds. The van der Waals surface area contributed by atoms with Crippen LogP contribution in [0.25, 0.3) is 0 Å². The average Bonchev–Trinajstić information content (AvgIpc) is 2.40. The third kappa shape index (κ3) is 3.34. The smallest absolute Gasteiger partial charge is 0.0453 e. The van der Waals surface area contributed by atoms with Crippen LogP contribution in [-0.2, 0) is 6.42 Å². The molecule has 0 fully saturated rings. The van der Waals surface area contributed by atoms with Gasteiger partial charge in [-0.1, -0.05) is 67.1 Å². The number of likely N-dealkylation sites (N-methyl/N-ethyl adjacent to an activating group) is 1. The van der Waals surface area contributed by atoms with Gasteiger partial charge in [0.05, 0.1) is 0 Å². The summed E-state index contributed by atoms with van der Waals surface area (Å²) in [4.78, 5) is 0. The molecule has 1 atom stereocenters. The highest BCUT2D eigenvalue weighted by Crippen LogP contribution is 2.25. The molecule has 2 rings (SSSR count). The Labute approximate surface area is 114 Å². The topological polar surface area (TPSA) is 12.0 Å². The van der Waals surface area contributed by atoms with Crippen LogP contribution in [0.5, 0.6) is 0 Å². The molecule has 0 aliphatic carbocycles. The van der Waals surface area contributed by atoms with Crippen LogP contribution in [-0.4, -0.2) is 6.54 Å². The third-order valence-electron chi connectivity index (χ3n) is 3.01. The van der Waals surface area contributed by atoms with Gasteiger partial charge < -0.3 is 5.32 Å². The van der Waals surface area contributed by atoms with Crippen LogP contribution in [0.15, 0.2) is 54.6 Å². The van der Waals surface area contributed by atoms with E-state index in [0.29, 0.717) is 0 Å². The van der Waals surface area contributed by atoms with Crippen molar-refractivity contribution in [2.45, 2.75) is 19.4 Å². The highest BCUT2D eigenvalue weighted by molar-refractivity contribution is 6.31. The minimum absolute atomic E-state index is 0.270. The lowest BCUT2D eigenvalue weighted by atomic mass is 9.99. The molecule has 1 unspecified atom stereocenters. The summed E-state index contributed by atoms with van der Waals surface area (Å²) in [6.07, 6.45) is 0.957. The van der Waals surface area contributed by atoms with Crippen LogP contribution in [0.1, 0.15) is 24.1 Å². The van der Waals surface area contributed by atoms with Crippen molar-refractivity contribution in [1.29, 1.82) is 0 Å². The molecule has 0 radical (unpaired) electrons. The number of nitrogens with one attached hydrogen (secondary N) is 1. The molecule has 0 heterocycles.